The van der Waals surface area contributed by atoms with Gasteiger partial charge in [0.2, 0.25) is 0 Å². The number of hydrogen-bond donors (Lipinski definition) is 1. The molecule has 0 spiro atoms. The molecule has 4 heteroatoms. The molecule has 0 fully saturated rings. The number of carboxylic acid groups (broad SMARTS) is 1. The van der Waals surface area contributed by atoms with Crippen molar-refractivity contribution in [3.05, 3.63) is 35.1 Å². The summed E-state index contributed by atoms with van der Waals surface area (Å²) < 4.78 is 13.0. The van der Waals surface area contributed by atoms with E-state index in [1.54, 1.807) is 13.8 Å². The normalized spacial score (nSPS) is 12.2. The molecule has 0 amide bonds. The van der Waals surface area contributed by atoms with E-state index in [9.17, 15) is 14.0 Å². The van der Waals surface area contributed by atoms with Gasteiger partial charge in [0.15, 0.2) is 5.78 Å². The second kappa shape index (κ2) is 5.57. The maximum atomic E-state index is 13.0. The summed E-state index contributed by atoms with van der Waals surface area (Å²) in [5.41, 5.74) is 0.753. The number of aryl methyl sites for hydroxylation is 1. The van der Waals surface area contributed by atoms with Crippen LogP contribution in [0.4, 0.5) is 4.39 Å². The van der Waals surface area contributed by atoms with Gasteiger partial charge in [-0.05, 0) is 37.1 Å². The minimum atomic E-state index is -0.973. The van der Waals surface area contributed by atoms with Gasteiger partial charge in [0.25, 0.3) is 0 Å². The number of hydrogen-bond acceptors (Lipinski definition) is 2. The molecule has 0 radical (unpaired) electrons. The average Bonchev–Trinajstić information content (AvgIpc) is 2.28. The summed E-state index contributed by atoms with van der Waals surface area (Å²) in [6.07, 6.45) is 0.359. The number of benzene rings is 1. The average molecular weight is 238 g/mol. The number of carbonyl (C=O) groups excluding carboxylic acids is 1. The predicted octanol–water partition coefficient (Wildman–Crippen LogP) is 2.82. The van der Waals surface area contributed by atoms with E-state index < -0.39 is 11.9 Å². The van der Waals surface area contributed by atoms with Gasteiger partial charge in [-0.1, -0.05) is 6.92 Å². The van der Waals surface area contributed by atoms with Crippen molar-refractivity contribution in [2.75, 3.05) is 0 Å². The summed E-state index contributed by atoms with van der Waals surface area (Å²) in [5.74, 6) is -2.28. The van der Waals surface area contributed by atoms with Gasteiger partial charge < -0.3 is 5.11 Å². The monoisotopic (exact) mass is 238 g/mol. The zero-order valence-electron chi connectivity index (χ0n) is 9.87. The maximum absolute atomic E-state index is 13.0. The van der Waals surface area contributed by atoms with E-state index in [0.717, 1.165) is 0 Å². The van der Waals surface area contributed by atoms with Crippen LogP contribution in [0.25, 0.3) is 0 Å². The SMILES string of the molecule is CCC(CC(=O)c1ccc(F)c(C)c1)C(=O)O. The van der Waals surface area contributed by atoms with E-state index >= 15 is 0 Å². The number of ketones is 1. The van der Waals surface area contributed by atoms with Gasteiger partial charge in [-0.2, -0.15) is 0 Å². The van der Waals surface area contributed by atoms with E-state index in [0.29, 0.717) is 17.5 Å². The molecule has 1 unspecified atom stereocenters. The fourth-order valence-electron chi connectivity index (χ4n) is 1.57. The van der Waals surface area contributed by atoms with Crippen LogP contribution < -0.4 is 0 Å². The molecule has 1 atom stereocenters. The number of Topliss-reactive ketones (excluding diaryl/α,β-unsaturated/α-hetero) is 1. The summed E-state index contributed by atoms with van der Waals surface area (Å²) in [6, 6.07) is 4.07. The second-order valence-electron chi connectivity index (χ2n) is 4.03. The van der Waals surface area contributed by atoms with Gasteiger partial charge in [-0.25, -0.2) is 4.39 Å². The summed E-state index contributed by atoms with van der Waals surface area (Å²) in [5, 5.41) is 8.86. The molecule has 1 rings (SSSR count). The van der Waals surface area contributed by atoms with Crippen LogP contribution in [-0.4, -0.2) is 16.9 Å². The van der Waals surface area contributed by atoms with Crippen LogP contribution in [0.15, 0.2) is 18.2 Å². The third-order valence-electron chi connectivity index (χ3n) is 2.75. The van der Waals surface area contributed by atoms with Crippen molar-refractivity contribution >= 4 is 11.8 Å². The van der Waals surface area contributed by atoms with E-state index in [1.807, 2.05) is 0 Å². The Hall–Kier alpha value is -1.71. The topological polar surface area (TPSA) is 54.4 Å². The number of aliphatic carboxylic acids is 1. The second-order valence-corrected chi connectivity index (χ2v) is 4.03. The molecular weight excluding hydrogens is 223 g/mol. The van der Waals surface area contributed by atoms with Gasteiger partial charge in [-0.3, -0.25) is 9.59 Å². The molecule has 1 aromatic rings. The minimum absolute atomic E-state index is 0.0447. The molecule has 0 heterocycles. The van der Waals surface area contributed by atoms with Crippen LogP contribution in [0.3, 0.4) is 0 Å². The van der Waals surface area contributed by atoms with Crippen LogP contribution >= 0.6 is 0 Å². The summed E-state index contributed by atoms with van der Waals surface area (Å²) in [7, 11) is 0. The summed E-state index contributed by atoms with van der Waals surface area (Å²) >= 11 is 0. The molecule has 1 N–H and O–H groups in total. The maximum Gasteiger partial charge on any atom is 0.306 e. The van der Waals surface area contributed by atoms with Gasteiger partial charge in [0.05, 0.1) is 5.92 Å². The zero-order chi connectivity index (χ0) is 13.0. The first kappa shape index (κ1) is 13.4. The van der Waals surface area contributed by atoms with Crippen LogP contribution in [0, 0.1) is 18.7 Å². The molecule has 92 valence electrons. The van der Waals surface area contributed by atoms with Gasteiger partial charge >= 0.3 is 5.97 Å². The Balaban J connectivity index is 2.82. The van der Waals surface area contributed by atoms with Crippen molar-refractivity contribution in [1.82, 2.24) is 0 Å². The van der Waals surface area contributed by atoms with Gasteiger partial charge in [0.1, 0.15) is 5.82 Å². The zero-order valence-corrected chi connectivity index (χ0v) is 9.87. The minimum Gasteiger partial charge on any atom is -0.481 e. The lowest BCUT2D eigenvalue weighted by atomic mass is 9.95. The summed E-state index contributed by atoms with van der Waals surface area (Å²) in [4.78, 5) is 22.6. The van der Waals surface area contributed by atoms with Crippen molar-refractivity contribution in [3.63, 3.8) is 0 Å². The smallest absolute Gasteiger partial charge is 0.306 e. The number of carbonyl (C=O) groups is 2. The van der Waals surface area contributed by atoms with Crippen molar-refractivity contribution in [3.8, 4) is 0 Å². The van der Waals surface area contributed by atoms with E-state index in [4.69, 9.17) is 5.11 Å². The summed E-state index contributed by atoms with van der Waals surface area (Å²) in [6.45, 7) is 3.29. The highest BCUT2D eigenvalue weighted by molar-refractivity contribution is 5.98. The standard InChI is InChI=1S/C13H15FO3/c1-3-9(13(16)17)7-12(15)10-4-5-11(14)8(2)6-10/h4-6,9H,3,7H2,1-2H3,(H,16,17). The van der Waals surface area contributed by atoms with E-state index in [1.165, 1.54) is 18.2 Å². The van der Waals surface area contributed by atoms with Gasteiger partial charge in [0, 0.05) is 12.0 Å². The molecule has 0 aliphatic rings. The van der Waals surface area contributed by atoms with Crippen molar-refractivity contribution in [2.45, 2.75) is 26.7 Å². The largest absolute Gasteiger partial charge is 0.481 e. The molecule has 1 aromatic carbocycles. The highest BCUT2D eigenvalue weighted by Crippen LogP contribution is 2.16. The third kappa shape index (κ3) is 3.37. The van der Waals surface area contributed by atoms with E-state index in [-0.39, 0.29) is 18.0 Å². The first-order chi connectivity index (χ1) is 7.95. The Morgan fingerprint density at radius 2 is 2.06 bits per heavy atom. The van der Waals surface area contributed by atoms with Crippen LogP contribution in [0.1, 0.15) is 35.7 Å². The first-order valence-corrected chi connectivity index (χ1v) is 5.47. The highest BCUT2D eigenvalue weighted by Gasteiger charge is 2.20. The lowest BCUT2D eigenvalue weighted by Crippen LogP contribution is -2.17. The number of halogens is 1. The molecular formula is C13H15FO3. The fraction of sp³-hybridized carbons (Fsp3) is 0.385. The van der Waals surface area contributed by atoms with Crippen molar-refractivity contribution in [1.29, 1.82) is 0 Å². The molecule has 0 bridgehead atoms. The Kier molecular flexibility index (Phi) is 4.37. The molecule has 0 aliphatic heterocycles. The van der Waals surface area contributed by atoms with Crippen LogP contribution in [-0.2, 0) is 4.79 Å². The number of carboxylic acids is 1. The van der Waals surface area contributed by atoms with E-state index in [2.05, 4.69) is 0 Å². The first-order valence-electron chi connectivity index (χ1n) is 5.47. The van der Waals surface area contributed by atoms with Crippen LogP contribution in [0.2, 0.25) is 0 Å². The van der Waals surface area contributed by atoms with Crippen molar-refractivity contribution < 1.29 is 19.1 Å². The van der Waals surface area contributed by atoms with Gasteiger partial charge in [-0.15, -0.1) is 0 Å². The molecule has 3 nitrogen and oxygen atoms in total. The Labute approximate surface area is 99.3 Å². The molecule has 0 saturated carbocycles. The van der Waals surface area contributed by atoms with Crippen molar-refractivity contribution in [2.24, 2.45) is 5.92 Å². The Bertz CT molecular complexity index is 440. The highest BCUT2D eigenvalue weighted by atomic mass is 19.1. The predicted molar refractivity (Wildman–Crippen MR) is 61.5 cm³/mol. The fourth-order valence-corrected chi connectivity index (χ4v) is 1.57. The molecule has 0 saturated heterocycles. The Morgan fingerprint density at radius 3 is 2.53 bits per heavy atom. The molecule has 0 aromatic heterocycles. The third-order valence-corrected chi connectivity index (χ3v) is 2.75. The Morgan fingerprint density at radius 1 is 1.41 bits per heavy atom. The number of rotatable bonds is 5. The lowest BCUT2D eigenvalue weighted by Gasteiger charge is -2.09. The molecule has 17 heavy (non-hydrogen) atoms. The quantitative estimate of drug-likeness (QED) is 0.802. The van der Waals surface area contributed by atoms with Crippen LogP contribution in [0.5, 0.6) is 0 Å². The lowest BCUT2D eigenvalue weighted by molar-refractivity contribution is -0.141. The molecule has 0 aliphatic carbocycles.